The second-order valence-electron chi connectivity index (χ2n) is 7.81. The van der Waals surface area contributed by atoms with Gasteiger partial charge in [-0.25, -0.2) is 4.98 Å². The Morgan fingerprint density at radius 2 is 1.57 bits per heavy atom. The number of fused-ring (bicyclic) bond motifs is 4. The lowest BCUT2D eigenvalue weighted by Gasteiger charge is -2.30. The van der Waals surface area contributed by atoms with Crippen LogP contribution in [-0.4, -0.2) is 12.0 Å². The minimum atomic E-state index is 0.803. The molecule has 1 aromatic heterocycles. The minimum absolute atomic E-state index is 0.803. The van der Waals surface area contributed by atoms with E-state index in [1.807, 2.05) is 6.07 Å². The molecule has 2 heterocycles. The maximum atomic E-state index is 5.11. The molecule has 5 aromatic rings. The number of nitrogens with zero attached hydrogens (tertiary/aromatic N) is 2. The van der Waals surface area contributed by atoms with Gasteiger partial charge in [0.15, 0.2) is 0 Å². The summed E-state index contributed by atoms with van der Waals surface area (Å²) < 4.78 is 0. The van der Waals surface area contributed by atoms with E-state index in [4.69, 9.17) is 4.98 Å². The Bertz CT molecular complexity index is 1410. The molecule has 0 unspecified atom stereocenters. The first kappa shape index (κ1) is 17.0. The third-order valence-corrected chi connectivity index (χ3v) is 6.02. The summed E-state index contributed by atoms with van der Waals surface area (Å²) in [7, 11) is 2.14. The van der Waals surface area contributed by atoms with Gasteiger partial charge in [0.1, 0.15) is 0 Å². The van der Waals surface area contributed by atoms with Crippen molar-refractivity contribution in [2.45, 2.75) is 6.54 Å². The number of aromatic nitrogens is 1. The quantitative estimate of drug-likeness (QED) is 0.347. The van der Waals surface area contributed by atoms with Crippen molar-refractivity contribution >= 4 is 38.7 Å². The largest absolute Gasteiger partial charge is 0.381 e. The van der Waals surface area contributed by atoms with E-state index in [2.05, 4.69) is 102 Å². The fourth-order valence-corrected chi connectivity index (χ4v) is 4.52. The topological polar surface area (TPSA) is 28.2 Å². The fourth-order valence-electron chi connectivity index (χ4n) is 4.52. The Kier molecular flexibility index (Phi) is 3.75. The highest BCUT2D eigenvalue weighted by Gasteiger charge is 2.24. The van der Waals surface area contributed by atoms with Crippen LogP contribution >= 0.6 is 0 Å². The van der Waals surface area contributed by atoms with Gasteiger partial charge in [0.25, 0.3) is 0 Å². The van der Waals surface area contributed by atoms with Gasteiger partial charge >= 0.3 is 0 Å². The molecule has 0 saturated heterocycles. The first-order valence-electron chi connectivity index (χ1n) is 10.3. The maximum Gasteiger partial charge on any atom is 0.0830 e. The molecule has 144 valence electrons. The van der Waals surface area contributed by atoms with Crippen LogP contribution in [0.2, 0.25) is 0 Å². The number of hydrogen-bond donors (Lipinski definition) is 1. The normalized spacial score (nSPS) is 12.2. The lowest BCUT2D eigenvalue weighted by atomic mass is 9.93. The molecule has 3 nitrogen and oxygen atoms in total. The third-order valence-electron chi connectivity index (χ3n) is 6.02. The predicted octanol–water partition coefficient (Wildman–Crippen LogP) is 6.75. The van der Waals surface area contributed by atoms with Gasteiger partial charge in [-0.1, -0.05) is 60.7 Å². The number of rotatable bonds is 3. The summed E-state index contributed by atoms with van der Waals surface area (Å²) in [5, 5.41) is 7.22. The van der Waals surface area contributed by atoms with E-state index >= 15 is 0 Å². The van der Waals surface area contributed by atoms with E-state index in [0.717, 1.165) is 23.4 Å². The smallest absolute Gasteiger partial charge is 0.0830 e. The van der Waals surface area contributed by atoms with Gasteiger partial charge in [-0.05, 0) is 41.3 Å². The molecule has 0 atom stereocenters. The van der Waals surface area contributed by atoms with Crippen molar-refractivity contribution in [2.24, 2.45) is 0 Å². The van der Waals surface area contributed by atoms with Gasteiger partial charge in [-0.2, -0.15) is 0 Å². The summed E-state index contributed by atoms with van der Waals surface area (Å²) in [6, 6.07) is 32.0. The number of benzene rings is 4. The highest BCUT2D eigenvalue weighted by atomic mass is 15.1. The first-order chi connectivity index (χ1) is 14.8. The Morgan fingerprint density at radius 3 is 2.47 bits per heavy atom. The van der Waals surface area contributed by atoms with Crippen LogP contribution in [0.1, 0.15) is 5.56 Å². The lowest BCUT2D eigenvalue weighted by molar-refractivity contribution is 1.15. The Labute approximate surface area is 175 Å². The standard InChI is InChI=1S/C27H21N3/c1-30-24-12-6-5-10-21(24)27-26-20(11-7-13-25(26)30)22-16-19(14-15-23(22)29-27)28-17-18-8-3-2-4-9-18/h2-16,28H,17H2,1H3. The molecular formula is C27H21N3. The zero-order chi connectivity index (χ0) is 20.1. The Morgan fingerprint density at radius 1 is 0.767 bits per heavy atom. The van der Waals surface area contributed by atoms with E-state index in [-0.39, 0.29) is 0 Å². The monoisotopic (exact) mass is 387 g/mol. The number of hydrogen-bond acceptors (Lipinski definition) is 3. The molecule has 0 fully saturated rings. The molecule has 1 N–H and O–H groups in total. The summed E-state index contributed by atoms with van der Waals surface area (Å²) in [6.07, 6.45) is 0. The van der Waals surface area contributed by atoms with Gasteiger partial charge in [0.2, 0.25) is 0 Å². The second-order valence-corrected chi connectivity index (χ2v) is 7.81. The average Bonchev–Trinajstić information content (AvgIpc) is 2.81. The van der Waals surface area contributed by atoms with Crippen molar-refractivity contribution in [1.82, 2.24) is 4.98 Å². The van der Waals surface area contributed by atoms with E-state index in [0.29, 0.717) is 0 Å². The summed E-state index contributed by atoms with van der Waals surface area (Å²) in [4.78, 5) is 7.39. The number of anilines is 3. The van der Waals surface area contributed by atoms with Crippen LogP contribution in [0.4, 0.5) is 17.1 Å². The van der Waals surface area contributed by atoms with Crippen molar-refractivity contribution in [3.63, 3.8) is 0 Å². The van der Waals surface area contributed by atoms with Crippen LogP contribution in [0.3, 0.4) is 0 Å². The van der Waals surface area contributed by atoms with Crippen molar-refractivity contribution < 1.29 is 0 Å². The SMILES string of the molecule is CN1c2ccccc2-c2nc3ccc(NCc4ccccc4)cc3c3cccc1c23. The molecule has 0 saturated carbocycles. The first-order valence-corrected chi connectivity index (χ1v) is 10.3. The van der Waals surface area contributed by atoms with Gasteiger partial charge in [-0.3, -0.25) is 0 Å². The summed E-state index contributed by atoms with van der Waals surface area (Å²) >= 11 is 0. The van der Waals surface area contributed by atoms with Crippen LogP contribution in [0.5, 0.6) is 0 Å². The van der Waals surface area contributed by atoms with Crippen LogP contribution < -0.4 is 10.2 Å². The third kappa shape index (κ3) is 2.56. The van der Waals surface area contributed by atoms with Crippen molar-refractivity contribution in [1.29, 1.82) is 0 Å². The van der Waals surface area contributed by atoms with Gasteiger partial charge in [0, 0.05) is 35.6 Å². The van der Waals surface area contributed by atoms with E-state index < -0.39 is 0 Å². The fraction of sp³-hybridized carbons (Fsp3) is 0.0741. The lowest BCUT2D eigenvalue weighted by Crippen LogP contribution is -2.15. The van der Waals surface area contributed by atoms with Crippen LogP contribution in [0.15, 0.2) is 91.0 Å². The molecule has 6 rings (SSSR count). The number of para-hydroxylation sites is 1. The van der Waals surface area contributed by atoms with Gasteiger partial charge in [0.05, 0.1) is 22.6 Å². The molecule has 0 amide bonds. The molecule has 30 heavy (non-hydrogen) atoms. The summed E-state index contributed by atoms with van der Waals surface area (Å²) in [6.45, 7) is 0.803. The summed E-state index contributed by atoms with van der Waals surface area (Å²) in [5.41, 5.74) is 8.08. The van der Waals surface area contributed by atoms with Crippen LogP contribution in [0, 0.1) is 0 Å². The average molecular weight is 387 g/mol. The maximum absolute atomic E-state index is 5.11. The highest BCUT2D eigenvalue weighted by Crippen LogP contribution is 2.47. The van der Waals surface area contributed by atoms with Crippen LogP contribution in [-0.2, 0) is 6.54 Å². The van der Waals surface area contributed by atoms with E-state index in [9.17, 15) is 0 Å². The highest BCUT2D eigenvalue weighted by molar-refractivity contribution is 6.19. The minimum Gasteiger partial charge on any atom is -0.381 e. The van der Waals surface area contributed by atoms with E-state index in [1.54, 1.807) is 0 Å². The molecule has 0 spiro atoms. The van der Waals surface area contributed by atoms with Crippen molar-refractivity contribution in [3.05, 3.63) is 96.6 Å². The number of pyridine rings is 1. The zero-order valence-electron chi connectivity index (χ0n) is 16.8. The summed E-state index contributed by atoms with van der Waals surface area (Å²) in [5.74, 6) is 0. The molecular weight excluding hydrogens is 366 g/mol. The van der Waals surface area contributed by atoms with E-state index in [1.165, 1.54) is 38.7 Å². The predicted molar refractivity (Wildman–Crippen MR) is 127 cm³/mol. The van der Waals surface area contributed by atoms with Crippen molar-refractivity contribution in [2.75, 3.05) is 17.3 Å². The molecule has 0 aliphatic carbocycles. The Hall–Kier alpha value is -3.85. The molecule has 0 bridgehead atoms. The van der Waals surface area contributed by atoms with Gasteiger partial charge in [-0.15, -0.1) is 0 Å². The molecule has 0 radical (unpaired) electrons. The van der Waals surface area contributed by atoms with Crippen molar-refractivity contribution in [3.8, 4) is 11.3 Å². The zero-order valence-corrected chi connectivity index (χ0v) is 16.8. The molecule has 1 aliphatic rings. The molecule has 3 heteroatoms. The second kappa shape index (κ2) is 6.60. The van der Waals surface area contributed by atoms with Gasteiger partial charge < -0.3 is 10.2 Å². The van der Waals surface area contributed by atoms with Crippen LogP contribution in [0.25, 0.3) is 32.9 Å². The molecule has 4 aromatic carbocycles. The number of nitrogens with one attached hydrogen (secondary N) is 1. The molecule has 1 aliphatic heterocycles. The Balaban J connectivity index is 1.53.